The molecule has 0 aliphatic rings. The van der Waals surface area contributed by atoms with E-state index in [-0.39, 0.29) is 23.0 Å². The van der Waals surface area contributed by atoms with Crippen molar-refractivity contribution in [2.45, 2.75) is 13.1 Å². The molecule has 0 aliphatic heterocycles. The number of benzene rings is 1. The molecule has 0 spiro atoms. The Morgan fingerprint density at radius 3 is 2.61 bits per heavy atom. The van der Waals surface area contributed by atoms with Gasteiger partial charge in [0.25, 0.3) is 0 Å². The third-order valence-electron chi connectivity index (χ3n) is 2.09. The normalized spacial score (nSPS) is 11.3. The van der Waals surface area contributed by atoms with Gasteiger partial charge in [0.1, 0.15) is 0 Å². The van der Waals surface area contributed by atoms with Gasteiger partial charge < -0.3 is 11.1 Å². The van der Waals surface area contributed by atoms with E-state index in [2.05, 4.69) is 5.32 Å². The number of carbonyl (C=O) groups excluding carboxylic acids is 1. The van der Waals surface area contributed by atoms with Gasteiger partial charge in [0.2, 0.25) is 5.91 Å². The highest BCUT2D eigenvalue weighted by Crippen LogP contribution is 2.32. The summed E-state index contributed by atoms with van der Waals surface area (Å²) in [5.74, 6) is 0.751. The number of thioether (sulfide) groups is 1. The molecule has 100 valence electrons. The van der Waals surface area contributed by atoms with E-state index in [0.717, 1.165) is 24.0 Å². The maximum atomic E-state index is 12.4. The van der Waals surface area contributed by atoms with Crippen LogP contribution in [0.3, 0.4) is 0 Å². The van der Waals surface area contributed by atoms with Gasteiger partial charge in [0, 0.05) is 0 Å². The summed E-state index contributed by atoms with van der Waals surface area (Å²) in [6.07, 6.45) is -4.44. The van der Waals surface area contributed by atoms with Crippen molar-refractivity contribution < 1.29 is 18.0 Å². The zero-order chi connectivity index (χ0) is 13.8. The number of nitrogens with two attached hydrogens (primary N) is 1. The first kappa shape index (κ1) is 14.7. The zero-order valence-electron chi connectivity index (χ0n) is 9.67. The summed E-state index contributed by atoms with van der Waals surface area (Å²) < 4.78 is 37.1. The van der Waals surface area contributed by atoms with Crippen LogP contribution in [0.2, 0.25) is 0 Å². The second-order valence-electron chi connectivity index (χ2n) is 3.49. The maximum Gasteiger partial charge on any atom is 0.416 e. The van der Waals surface area contributed by atoms with Crippen LogP contribution in [0.15, 0.2) is 18.2 Å². The van der Waals surface area contributed by atoms with Crippen molar-refractivity contribution in [2.75, 3.05) is 22.6 Å². The first-order chi connectivity index (χ1) is 8.34. The van der Waals surface area contributed by atoms with E-state index in [1.165, 1.54) is 11.8 Å². The van der Waals surface area contributed by atoms with Gasteiger partial charge in [-0.3, -0.25) is 4.79 Å². The van der Waals surface area contributed by atoms with E-state index < -0.39 is 11.7 Å². The van der Waals surface area contributed by atoms with Gasteiger partial charge in [-0.25, -0.2) is 0 Å². The Hall–Kier alpha value is -1.37. The minimum absolute atomic E-state index is 0.0975. The standard InChI is InChI=1S/C11H13F3N2OS/c1-2-18-6-10(17)16-9-4-3-7(5-8(9)15)11(12,13)14/h3-5H,2,6,15H2,1H3,(H,16,17). The molecule has 0 fully saturated rings. The molecule has 0 bridgehead atoms. The van der Waals surface area contributed by atoms with Gasteiger partial charge in [-0.05, 0) is 24.0 Å². The molecular formula is C11H13F3N2OS. The van der Waals surface area contributed by atoms with Crippen molar-refractivity contribution in [3.63, 3.8) is 0 Å². The van der Waals surface area contributed by atoms with Crippen molar-refractivity contribution in [3.8, 4) is 0 Å². The van der Waals surface area contributed by atoms with Crippen LogP contribution >= 0.6 is 11.8 Å². The molecule has 3 nitrogen and oxygen atoms in total. The molecule has 0 radical (unpaired) electrons. The van der Waals surface area contributed by atoms with Crippen LogP contribution in [0.5, 0.6) is 0 Å². The quantitative estimate of drug-likeness (QED) is 0.832. The zero-order valence-corrected chi connectivity index (χ0v) is 10.5. The lowest BCUT2D eigenvalue weighted by molar-refractivity contribution is -0.137. The lowest BCUT2D eigenvalue weighted by atomic mass is 10.1. The molecule has 18 heavy (non-hydrogen) atoms. The Morgan fingerprint density at radius 1 is 1.44 bits per heavy atom. The fourth-order valence-electron chi connectivity index (χ4n) is 1.23. The van der Waals surface area contributed by atoms with Crippen LogP contribution in [0, 0.1) is 0 Å². The molecule has 1 aromatic rings. The third kappa shape index (κ3) is 4.14. The van der Waals surface area contributed by atoms with Crippen LogP contribution in [0.4, 0.5) is 24.5 Å². The number of amides is 1. The summed E-state index contributed by atoms with van der Waals surface area (Å²) in [4.78, 5) is 11.4. The molecule has 7 heteroatoms. The van der Waals surface area contributed by atoms with Crippen molar-refractivity contribution in [3.05, 3.63) is 23.8 Å². The van der Waals surface area contributed by atoms with Crippen LogP contribution in [-0.2, 0) is 11.0 Å². The second kappa shape index (κ2) is 5.99. The molecule has 1 rings (SSSR count). The molecule has 3 N–H and O–H groups in total. The van der Waals surface area contributed by atoms with E-state index in [1.54, 1.807) is 0 Å². The van der Waals surface area contributed by atoms with Crippen LogP contribution in [0.25, 0.3) is 0 Å². The summed E-state index contributed by atoms with van der Waals surface area (Å²) >= 11 is 1.42. The average molecular weight is 278 g/mol. The molecule has 0 saturated carbocycles. The molecule has 0 heterocycles. The molecule has 0 saturated heterocycles. The van der Waals surface area contributed by atoms with Gasteiger partial charge in [-0.1, -0.05) is 6.92 Å². The smallest absolute Gasteiger partial charge is 0.397 e. The molecule has 0 unspecified atom stereocenters. The number of halogens is 3. The van der Waals surface area contributed by atoms with Gasteiger partial charge >= 0.3 is 6.18 Å². The molecule has 0 aliphatic carbocycles. The summed E-state index contributed by atoms with van der Waals surface area (Å²) in [5.41, 5.74) is 4.74. The molecule has 1 amide bonds. The van der Waals surface area contributed by atoms with E-state index in [1.807, 2.05) is 6.92 Å². The lowest BCUT2D eigenvalue weighted by Gasteiger charge is -2.11. The fraction of sp³-hybridized carbons (Fsp3) is 0.364. The minimum atomic E-state index is -4.44. The first-order valence-electron chi connectivity index (χ1n) is 5.19. The van der Waals surface area contributed by atoms with Crippen LogP contribution in [-0.4, -0.2) is 17.4 Å². The second-order valence-corrected chi connectivity index (χ2v) is 4.76. The number of nitrogen functional groups attached to an aromatic ring is 1. The molecule has 0 aromatic heterocycles. The highest BCUT2D eigenvalue weighted by atomic mass is 32.2. The number of rotatable bonds is 4. The van der Waals surface area contributed by atoms with Gasteiger partial charge in [0.05, 0.1) is 22.7 Å². The Bertz CT molecular complexity index is 435. The number of hydrogen-bond acceptors (Lipinski definition) is 3. The Labute approximate surface area is 107 Å². The lowest BCUT2D eigenvalue weighted by Crippen LogP contribution is -2.16. The summed E-state index contributed by atoms with van der Waals surface area (Å²) in [5, 5.41) is 2.47. The fourth-order valence-corrected chi connectivity index (χ4v) is 1.70. The minimum Gasteiger partial charge on any atom is -0.397 e. The predicted octanol–water partition coefficient (Wildman–Crippen LogP) is 2.98. The van der Waals surface area contributed by atoms with Crippen molar-refractivity contribution in [1.29, 1.82) is 0 Å². The highest BCUT2D eigenvalue weighted by Gasteiger charge is 2.30. The molecular weight excluding hydrogens is 265 g/mol. The molecule has 0 atom stereocenters. The largest absolute Gasteiger partial charge is 0.416 e. The van der Waals surface area contributed by atoms with Gasteiger partial charge in [-0.2, -0.15) is 24.9 Å². The van der Waals surface area contributed by atoms with Crippen LogP contribution in [0.1, 0.15) is 12.5 Å². The predicted molar refractivity (Wildman–Crippen MR) is 67.5 cm³/mol. The summed E-state index contributed by atoms with van der Waals surface area (Å²) in [6.45, 7) is 1.91. The number of carbonyl (C=O) groups is 1. The maximum absolute atomic E-state index is 12.4. The number of hydrogen-bond donors (Lipinski definition) is 2. The number of alkyl halides is 3. The topological polar surface area (TPSA) is 55.1 Å². The number of nitrogens with one attached hydrogen (secondary N) is 1. The van der Waals surface area contributed by atoms with Crippen molar-refractivity contribution >= 4 is 29.0 Å². The van der Waals surface area contributed by atoms with E-state index in [0.29, 0.717) is 0 Å². The summed E-state index contributed by atoms with van der Waals surface area (Å²) in [6, 6.07) is 2.86. The molecule has 1 aromatic carbocycles. The van der Waals surface area contributed by atoms with E-state index in [4.69, 9.17) is 5.73 Å². The SMILES string of the molecule is CCSCC(=O)Nc1ccc(C(F)(F)F)cc1N. The van der Waals surface area contributed by atoms with Crippen molar-refractivity contribution in [2.24, 2.45) is 0 Å². The van der Waals surface area contributed by atoms with E-state index >= 15 is 0 Å². The Kier molecular flexibility index (Phi) is 4.89. The summed E-state index contributed by atoms with van der Waals surface area (Å²) in [7, 11) is 0. The third-order valence-corrected chi connectivity index (χ3v) is 2.96. The Morgan fingerprint density at radius 2 is 2.11 bits per heavy atom. The average Bonchev–Trinajstić information content (AvgIpc) is 2.27. The Balaban J connectivity index is 2.77. The van der Waals surface area contributed by atoms with E-state index in [9.17, 15) is 18.0 Å². The first-order valence-corrected chi connectivity index (χ1v) is 6.34. The van der Waals surface area contributed by atoms with Crippen molar-refractivity contribution in [1.82, 2.24) is 0 Å². The van der Waals surface area contributed by atoms with Crippen LogP contribution < -0.4 is 11.1 Å². The van der Waals surface area contributed by atoms with Gasteiger partial charge in [-0.15, -0.1) is 0 Å². The highest BCUT2D eigenvalue weighted by molar-refractivity contribution is 7.99. The number of anilines is 2. The van der Waals surface area contributed by atoms with Gasteiger partial charge in [0.15, 0.2) is 0 Å². The monoisotopic (exact) mass is 278 g/mol.